The van der Waals surface area contributed by atoms with Gasteiger partial charge in [0.05, 0.1) is 25.0 Å². The lowest BCUT2D eigenvalue weighted by molar-refractivity contribution is -0.124. The highest BCUT2D eigenvalue weighted by atomic mass is 16.5. The van der Waals surface area contributed by atoms with E-state index in [4.69, 9.17) is 9.47 Å². The van der Waals surface area contributed by atoms with E-state index >= 15 is 0 Å². The Morgan fingerprint density at radius 2 is 1.61 bits per heavy atom. The van der Waals surface area contributed by atoms with E-state index in [-0.39, 0.29) is 12.5 Å². The normalized spacial score (nSPS) is 10.6. The molecule has 2 aromatic carbocycles. The van der Waals surface area contributed by atoms with Crippen molar-refractivity contribution in [1.29, 1.82) is 0 Å². The predicted molar refractivity (Wildman–Crippen MR) is 117 cm³/mol. The molecule has 7 nitrogen and oxygen atoms in total. The van der Waals surface area contributed by atoms with Gasteiger partial charge in [0.1, 0.15) is 11.3 Å². The molecule has 1 amide bonds. The van der Waals surface area contributed by atoms with Crippen LogP contribution in [0.4, 0.5) is 0 Å². The average molecular weight is 421 g/mol. The second kappa shape index (κ2) is 9.93. The first kappa shape index (κ1) is 22.1. The number of hydrogen-bond donors (Lipinski definition) is 1. The van der Waals surface area contributed by atoms with Crippen molar-refractivity contribution in [2.75, 3.05) is 13.7 Å². The third kappa shape index (κ3) is 5.72. The Balaban J connectivity index is 1.55. The minimum atomic E-state index is -0.551. The number of hydrogen-bond acceptors (Lipinski definition) is 5. The van der Waals surface area contributed by atoms with Crippen LogP contribution in [0.1, 0.15) is 38.4 Å². The highest BCUT2D eigenvalue weighted by Gasteiger charge is 2.21. The van der Waals surface area contributed by atoms with E-state index in [1.54, 1.807) is 18.7 Å². The quantitative estimate of drug-likeness (QED) is 0.564. The third-order valence-electron chi connectivity index (χ3n) is 5.02. The van der Waals surface area contributed by atoms with Gasteiger partial charge in [-0.05, 0) is 44.0 Å². The molecule has 0 bridgehead atoms. The average Bonchev–Trinajstić information content (AvgIpc) is 3.05. The van der Waals surface area contributed by atoms with Gasteiger partial charge in [-0.3, -0.25) is 9.48 Å². The molecule has 3 rings (SSSR count). The predicted octanol–water partition coefficient (Wildman–Crippen LogP) is 3.34. The van der Waals surface area contributed by atoms with Gasteiger partial charge in [-0.1, -0.05) is 42.0 Å². The lowest BCUT2D eigenvalue weighted by Crippen LogP contribution is -2.28. The summed E-state index contributed by atoms with van der Waals surface area (Å²) in [6.45, 7) is 6.17. The molecule has 0 saturated heterocycles. The molecule has 31 heavy (non-hydrogen) atoms. The first-order valence-electron chi connectivity index (χ1n) is 10.0. The molecule has 3 aromatic rings. The molecule has 162 valence electrons. The molecule has 1 N–H and O–H groups in total. The fourth-order valence-electron chi connectivity index (χ4n) is 3.21. The topological polar surface area (TPSA) is 82.4 Å². The number of ether oxygens (including phenoxy) is 2. The van der Waals surface area contributed by atoms with Gasteiger partial charge in [0.15, 0.2) is 6.61 Å². The van der Waals surface area contributed by atoms with E-state index in [2.05, 4.69) is 10.4 Å². The molecule has 0 fully saturated rings. The number of methoxy groups -OCH3 is 1. The summed E-state index contributed by atoms with van der Waals surface area (Å²) in [7, 11) is 1.60. The van der Waals surface area contributed by atoms with Crippen molar-refractivity contribution in [3.05, 3.63) is 82.2 Å². The van der Waals surface area contributed by atoms with Crippen LogP contribution < -0.4 is 10.1 Å². The standard InChI is InChI=1S/C24H27N3O4/c1-16-5-7-20(8-6-16)14-27-18(3)23(17(2)26-27)24(29)31-15-22(28)25-13-19-9-11-21(30-4)12-10-19/h5-12H,13-15H2,1-4H3,(H,25,28). The van der Waals surface area contributed by atoms with Crippen LogP contribution in [0.3, 0.4) is 0 Å². The molecule has 0 atom stereocenters. The highest BCUT2D eigenvalue weighted by Crippen LogP contribution is 2.16. The van der Waals surface area contributed by atoms with Crippen LogP contribution in [-0.2, 0) is 22.6 Å². The van der Waals surface area contributed by atoms with Crippen LogP contribution in [-0.4, -0.2) is 35.4 Å². The van der Waals surface area contributed by atoms with Crippen LogP contribution in [0.15, 0.2) is 48.5 Å². The number of carbonyl (C=O) groups excluding carboxylic acids is 2. The molecular weight excluding hydrogens is 394 g/mol. The van der Waals surface area contributed by atoms with Crippen LogP contribution in [0.5, 0.6) is 5.75 Å². The van der Waals surface area contributed by atoms with Gasteiger partial charge >= 0.3 is 5.97 Å². The number of aryl methyl sites for hydroxylation is 2. The second-order valence-electron chi connectivity index (χ2n) is 7.39. The summed E-state index contributed by atoms with van der Waals surface area (Å²) in [6, 6.07) is 15.5. The maximum atomic E-state index is 12.6. The minimum absolute atomic E-state index is 0.340. The Morgan fingerprint density at radius 3 is 2.26 bits per heavy atom. The van der Waals surface area contributed by atoms with Crippen molar-refractivity contribution in [2.45, 2.75) is 33.9 Å². The highest BCUT2D eigenvalue weighted by molar-refractivity contribution is 5.93. The number of nitrogens with one attached hydrogen (secondary N) is 1. The first-order chi connectivity index (χ1) is 14.9. The third-order valence-corrected chi connectivity index (χ3v) is 5.02. The molecule has 0 saturated carbocycles. The van der Waals surface area contributed by atoms with Crippen LogP contribution >= 0.6 is 0 Å². The molecule has 0 radical (unpaired) electrons. The lowest BCUT2D eigenvalue weighted by Gasteiger charge is -2.08. The largest absolute Gasteiger partial charge is 0.497 e. The first-order valence-corrected chi connectivity index (χ1v) is 10.0. The molecule has 0 spiro atoms. The smallest absolute Gasteiger partial charge is 0.342 e. The van der Waals surface area contributed by atoms with Gasteiger partial charge in [-0.25, -0.2) is 4.79 Å². The Morgan fingerprint density at radius 1 is 0.968 bits per heavy atom. The number of benzene rings is 2. The Hall–Kier alpha value is -3.61. The zero-order chi connectivity index (χ0) is 22.4. The molecule has 0 unspecified atom stereocenters. The van der Waals surface area contributed by atoms with Gasteiger partial charge in [0.2, 0.25) is 0 Å². The monoisotopic (exact) mass is 421 g/mol. The van der Waals surface area contributed by atoms with E-state index in [1.807, 2.05) is 62.4 Å². The van der Waals surface area contributed by atoms with E-state index in [0.29, 0.717) is 30.0 Å². The van der Waals surface area contributed by atoms with E-state index in [9.17, 15) is 9.59 Å². The van der Waals surface area contributed by atoms with Crippen LogP contribution in [0, 0.1) is 20.8 Å². The zero-order valence-electron chi connectivity index (χ0n) is 18.3. The van der Waals surface area contributed by atoms with Gasteiger partial charge in [0.25, 0.3) is 5.91 Å². The zero-order valence-corrected chi connectivity index (χ0v) is 18.3. The molecule has 7 heteroatoms. The molecule has 0 aliphatic heterocycles. The summed E-state index contributed by atoms with van der Waals surface area (Å²) in [5, 5.41) is 7.21. The van der Waals surface area contributed by atoms with Gasteiger partial charge < -0.3 is 14.8 Å². The second-order valence-corrected chi connectivity index (χ2v) is 7.39. The van der Waals surface area contributed by atoms with Crippen molar-refractivity contribution in [3.8, 4) is 5.75 Å². The minimum Gasteiger partial charge on any atom is -0.497 e. The van der Waals surface area contributed by atoms with Crippen molar-refractivity contribution < 1.29 is 19.1 Å². The van der Waals surface area contributed by atoms with Crippen molar-refractivity contribution in [2.24, 2.45) is 0 Å². The number of esters is 1. The lowest BCUT2D eigenvalue weighted by atomic mass is 10.1. The Bertz CT molecular complexity index is 1050. The maximum absolute atomic E-state index is 12.6. The number of nitrogens with zero attached hydrogens (tertiary/aromatic N) is 2. The SMILES string of the molecule is COc1ccc(CNC(=O)COC(=O)c2c(C)nn(Cc3ccc(C)cc3)c2C)cc1. The maximum Gasteiger partial charge on any atom is 0.342 e. The van der Waals surface area contributed by atoms with Gasteiger partial charge in [0, 0.05) is 6.54 Å². The van der Waals surface area contributed by atoms with E-state index < -0.39 is 5.97 Å². The Kier molecular flexibility index (Phi) is 7.07. The molecule has 0 aliphatic rings. The fraction of sp³-hybridized carbons (Fsp3) is 0.292. The van der Waals surface area contributed by atoms with Crippen LogP contribution in [0.25, 0.3) is 0 Å². The van der Waals surface area contributed by atoms with E-state index in [1.165, 1.54) is 5.56 Å². The van der Waals surface area contributed by atoms with Crippen molar-refractivity contribution in [1.82, 2.24) is 15.1 Å². The van der Waals surface area contributed by atoms with Gasteiger partial charge in [-0.2, -0.15) is 5.10 Å². The van der Waals surface area contributed by atoms with Crippen LogP contribution in [0.2, 0.25) is 0 Å². The summed E-state index contributed by atoms with van der Waals surface area (Å²) in [5.74, 6) is -0.172. The number of carbonyl (C=O) groups is 2. The molecule has 1 aromatic heterocycles. The van der Waals surface area contributed by atoms with E-state index in [0.717, 1.165) is 16.9 Å². The summed E-state index contributed by atoms with van der Waals surface area (Å²) >= 11 is 0. The number of amides is 1. The van der Waals surface area contributed by atoms with Crippen molar-refractivity contribution >= 4 is 11.9 Å². The van der Waals surface area contributed by atoms with Gasteiger partial charge in [-0.15, -0.1) is 0 Å². The number of aromatic nitrogens is 2. The molecule has 1 heterocycles. The Labute approximate surface area is 182 Å². The summed E-state index contributed by atoms with van der Waals surface area (Å²) in [4.78, 5) is 24.7. The summed E-state index contributed by atoms with van der Waals surface area (Å²) < 4.78 is 12.1. The van der Waals surface area contributed by atoms with Crippen molar-refractivity contribution in [3.63, 3.8) is 0 Å². The number of rotatable bonds is 8. The summed E-state index contributed by atoms with van der Waals surface area (Å²) in [6.07, 6.45) is 0. The molecule has 0 aliphatic carbocycles. The summed E-state index contributed by atoms with van der Waals surface area (Å²) in [5.41, 5.74) is 4.88. The molecular formula is C24H27N3O4. The fourth-order valence-corrected chi connectivity index (χ4v) is 3.21.